The Bertz CT molecular complexity index is 444. The van der Waals surface area contributed by atoms with E-state index < -0.39 is 5.97 Å². The van der Waals surface area contributed by atoms with Gasteiger partial charge in [0, 0.05) is 30.9 Å². The normalized spacial score (nSPS) is 16.0. The highest BCUT2D eigenvalue weighted by Crippen LogP contribution is 2.36. The van der Waals surface area contributed by atoms with Gasteiger partial charge in [-0.15, -0.1) is 0 Å². The van der Waals surface area contributed by atoms with Gasteiger partial charge < -0.3 is 9.67 Å². The van der Waals surface area contributed by atoms with Crippen molar-refractivity contribution in [2.24, 2.45) is 0 Å². The Balaban J connectivity index is 2.06. The minimum absolute atomic E-state index is 0.0475. The second-order valence-corrected chi connectivity index (χ2v) is 6.26. The topological polar surface area (TPSA) is 58.4 Å². The molecule has 0 unspecified atom stereocenters. The molecule has 0 radical (unpaired) electrons. The first kappa shape index (κ1) is 14.1. The summed E-state index contributed by atoms with van der Waals surface area (Å²) < 4.78 is 2.24. The molecule has 0 bridgehead atoms. The molecule has 0 amide bonds. The van der Waals surface area contributed by atoms with Gasteiger partial charge >= 0.3 is 5.97 Å². The summed E-state index contributed by atoms with van der Waals surface area (Å²) >= 11 is 0. The summed E-state index contributed by atoms with van der Waals surface area (Å²) in [5, 5.41) is 8.86. The van der Waals surface area contributed by atoms with Crippen LogP contribution < -0.4 is 0 Å². The van der Waals surface area contributed by atoms with E-state index in [9.17, 15) is 4.79 Å². The third-order valence-corrected chi connectivity index (χ3v) is 3.58. The summed E-state index contributed by atoms with van der Waals surface area (Å²) in [5.41, 5.74) is 1.14. The highest BCUT2D eigenvalue weighted by atomic mass is 16.4. The van der Waals surface area contributed by atoms with E-state index in [1.54, 1.807) is 0 Å². The van der Waals surface area contributed by atoms with Gasteiger partial charge in [0.15, 0.2) is 0 Å². The van der Waals surface area contributed by atoms with Gasteiger partial charge in [-0.3, -0.25) is 9.69 Å². The lowest BCUT2D eigenvalue weighted by molar-refractivity contribution is -0.137. The zero-order valence-corrected chi connectivity index (χ0v) is 12.0. The maximum Gasteiger partial charge on any atom is 0.304 e. The molecule has 1 heterocycles. The molecule has 1 saturated carbocycles. The quantitative estimate of drug-likeness (QED) is 0.857. The fraction of sp³-hybridized carbons (Fsp3) is 0.714. The van der Waals surface area contributed by atoms with Crippen LogP contribution in [0.2, 0.25) is 0 Å². The van der Waals surface area contributed by atoms with Crippen molar-refractivity contribution < 1.29 is 9.90 Å². The monoisotopic (exact) mass is 265 g/mol. The number of nitrogens with zero attached hydrogens (tertiary/aromatic N) is 3. The Hall–Kier alpha value is -1.36. The Morgan fingerprint density at radius 3 is 2.74 bits per heavy atom. The van der Waals surface area contributed by atoms with E-state index in [-0.39, 0.29) is 12.0 Å². The van der Waals surface area contributed by atoms with Crippen molar-refractivity contribution in [3.63, 3.8) is 0 Å². The number of imidazole rings is 1. The molecule has 5 heteroatoms. The fourth-order valence-corrected chi connectivity index (χ4v) is 2.21. The molecule has 1 aliphatic carbocycles. The van der Waals surface area contributed by atoms with Crippen LogP contribution in [-0.2, 0) is 11.3 Å². The summed E-state index contributed by atoms with van der Waals surface area (Å²) in [6.07, 6.45) is 6.43. The second-order valence-electron chi connectivity index (χ2n) is 6.26. The molecule has 1 fully saturated rings. The van der Waals surface area contributed by atoms with Crippen LogP contribution in [0.15, 0.2) is 12.5 Å². The molecule has 0 saturated heterocycles. The minimum atomic E-state index is -0.745. The molecule has 5 nitrogen and oxygen atoms in total. The molecule has 0 spiro atoms. The summed E-state index contributed by atoms with van der Waals surface area (Å²) in [6.45, 7) is 7.67. The SMILES string of the molecule is CC(C)(C)N(CCC(=O)O)Cc1cncn1C1CC1. The van der Waals surface area contributed by atoms with Crippen molar-refractivity contribution in [1.82, 2.24) is 14.5 Å². The third kappa shape index (κ3) is 3.80. The maximum absolute atomic E-state index is 10.8. The van der Waals surface area contributed by atoms with Crippen LogP contribution in [0.1, 0.15) is 51.8 Å². The van der Waals surface area contributed by atoms with Crippen molar-refractivity contribution in [3.05, 3.63) is 18.2 Å². The standard InChI is InChI=1S/C14H23N3O2/c1-14(2,3)16(7-6-13(18)19)9-12-8-15-10-17(12)11-4-5-11/h8,10-11H,4-7,9H2,1-3H3,(H,18,19). The molecular formula is C14H23N3O2. The first-order valence-corrected chi connectivity index (χ1v) is 6.85. The van der Waals surface area contributed by atoms with Gasteiger partial charge in [0.25, 0.3) is 0 Å². The average molecular weight is 265 g/mol. The number of carboxylic acid groups (broad SMARTS) is 1. The largest absolute Gasteiger partial charge is 0.481 e. The van der Waals surface area contributed by atoms with Crippen LogP contribution >= 0.6 is 0 Å². The maximum atomic E-state index is 10.8. The number of rotatable bonds is 6. The molecule has 1 aromatic heterocycles. The van der Waals surface area contributed by atoms with Gasteiger partial charge in [-0.2, -0.15) is 0 Å². The Morgan fingerprint density at radius 2 is 2.21 bits per heavy atom. The molecule has 106 valence electrons. The van der Waals surface area contributed by atoms with Crippen molar-refractivity contribution in [2.75, 3.05) is 6.54 Å². The predicted molar refractivity (Wildman–Crippen MR) is 72.9 cm³/mol. The molecule has 0 aromatic carbocycles. The summed E-state index contributed by atoms with van der Waals surface area (Å²) in [4.78, 5) is 17.2. The average Bonchev–Trinajstić information content (AvgIpc) is 3.03. The Kier molecular flexibility index (Phi) is 3.94. The molecule has 1 N–H and O–H groups in total. The van der Waals surface area contributed by atoms with Gasteiger partial charge in [-0.05, 0) is 33.6 Å². The summed E-state index contributed by atoms with van der Waals surface area (Å²) in [5.74, 6) is -0.745. The van der Waals surface area contributed by atoms with E-state index in [0.29, 0.717) is 12.6 Å². The van der Waals surface area contributed by atoms with E-state index in [2.05, 4.69) is 35.2 Å². The van der Waals surface area contributed by atoms with Crippen LogP contribution in [0, 0.1) is 0 Å². The number of carboxylic acids is 1. The van der Waals surface area contributed by atoms with E-state index >= 15 is 0 Å². The number of carbonyl (C=O) groups is 1. The van der Waals surface area contributed by atoms with E-state index in [1.165, 1.54) is 18.5 Å². The minimum Gasteiger partial charge on any atom is -0.481 e. The van der Waals surface area contributed by atoms with E-state index in [1.807, 2.05) is 12.5 Å². The van der Waals surface area contributed by atoms with Gasteiger partial charge in [-0.25, -0.2) is 4.98 Å². The smallest absolute Gasteiger partial charge is 0.304 e. The van der Waals surface area contributed by atoms with Gasteiger partial charge in [0.2, 0.25) is 0 Å². The number of aromatic nitrogens is 2. The molecular weight excluding hydrogens is 242 g/mol. The molecule has 0 aliphatic heterocycles. The van der Waals surface area contributed by atoms with Crippen molar-refractivity contribution in [1.29, 1.82) is 0 Å². The Morgan fingerprint density at radius 1 is 1.53 bits per heavy atom. The van der Waals surface area contributed by atoms with Gasteiger partial charge in [-0.1, -0.05) is 0 Å². The molecule has 2 rings (SSSR count). The van der Waals surface area contributed by atoms with Crippen LogP contribution in [0.4, 0.5) is 0 Å². The van der Waals surface area contributed by atoms with Crippen LogP contribution in [0.3, 0.4) is 0 Å². The summed E-state index contributed by atoms with van der Waals surface area (Å²) in [6, 6.07) is 0.610. The van der Waals surface area contributed by atoms with E-state index in [0.717, 1.165) is 6.54 Å². The lowest BCUT2D eigenvalue weighted by Crippen LogP contribution is -2.42. The molecule has 19 heavy (non-hydrogen) atoms. The molecule has 1 aromatic rings. The van der Waals surface area contributed by atoms with Gasteiger partial charge in [0.1, 0.15) is 0 Å². The van der Waals surface area contributed by atoms with E-state index in [4.69, 9.17) is 5.11 Å². The number of aliphatic carboxylic acids is 1. The van der Waals surface area contributed by atoms with Crippen LogP contribution in [0.5, 0.6) is 0 Å². The first-order valence-electron chi connectivity index (χ1n) is 6.85. The summed E-state index contributed by atoms with van der Waals surface area (Å²) in [7, 11) is 0. The van der Waals surface area contributed by atoms with Gasteiger partial charge in [0.05, 0.1) is 18.4 Å². The van der Waals surface area contributed by atoms with Crippen LogP contribution in [-0.4, -0.2) is 37.6 Å². The first-order chi connectivity index (χ1) is 8.88. The zero-order chi connectivity index (χ0) is 14.0. The number of hydrogen-bond acceptors (Lipinski definition) is 3. The van der Waals surface area contributed by atoms with Crippen LogP contribution in [0.25, 0.3) is 0 Å². The number of hydrogen-bond donors (Lipinski definition) is 1. The molecule has 0 atom stereocenters. The third-order valence-electron chi connectivity index (χ3n) is 3.58. The van der Waals surface area contributed by atoms with Crippen molar-refractivity contribution in [3.8, 4) is 0 Å². The molecule has 1 aliphatic rings. The second kappa shape index (κ2) is 5.33. The van der Waals surface area contributed by atoms with Crippen molar-refractivity contribution in [2.45, 2.75) is 58.2 Å². The Labute approximate surface area is 114 Å². The predicted octanol–water partition coefficient (Wildman–Crippen LogP) is 2.29. The zero-order valence-electron chi connectivity index (χ0n) is 12.0. The highest BCUT2D eigenvalue weighted by Gasteiger charge is 2.28. The lowest BCUT2D eigenvalue weighted by atomic mass is 10.1. The lowest BCUT2D eigenvalue weighted by Gasteiger charge is -2.35. The highest BCUT2D eigenvalue weighted by molar-refractivity contribution is 5.66. The fourth-order valence-electron chi connectivity index (χ4n) is 2.21. The van der Waals surface area contributed by atoms with Crippen molar-refractivity contribution >= 4 is 5.97 Å².